The molecule has 0 aliphatic rings. The molecule has 1 heterocycles. The standard InChI is InChI=1S/C25H35FN4O6S/c1-14(2)22-19(11-10-18(31)12-20(32)21(24(33)34)15(3)13-27)23(16-6-8-17(26)9-7-16)29-25(28-22)30(4)37(5,35)36/h6-11,14-15,18,20-21,31-32H,12-13,27H2,1-5H3,(H,33,34)/b11-10+/t15?,18-,20-,21?/m1/s1. The molecule has 0 spiro atoms. The average Bonchev–Trinajstić information content (AvgIpc) is 2.81. The highest BCUT2D eigenvalue weighted by Gasteiger charge is 2.32. The lowest BCUT2D eigenvalue weighted by Gasteiger charge is -2.25. The van der Waals surface area contributed by atoms with Gasteiger partial charge in [-0.1, -0.05) is 32.9 Å². The van der Waals surface area contributed by atoms with Gasteiger partial charge in [-0.15, -0.1) is 0 Å². The molecule has 37 heavy (non-hydrogen) atoms. The van der Waals surface area contributed by atoms with Crippen LogP contribution in [0.1, 0.15) is 44.4 Å². The van der Waals surface area contributed by atoms with Crippen LogP contribution in [-0.2, 0) is 14.8 Å². The zero-order valence-electron chi connectivity index (χ0n) is 21.5. The Hall–Kier alpha value is -2.93. The monoisotopic (exact) mass is 538 g/mol. The van der Waals surface area contributed by atoms with Crippen molar-refractivity contribution < 1.29 is 32.9 Å². The highest BCUT2D eigenvalue weighted by atomic mass is 32.2. The Labute approximate surface area is 216 Å². The van der Waals surface area contributed by atoms with Crippen molar-refractivity contribution in [3.8, 4) is 11.3 Å². The smallest absolute Gasteiger partial charge is 0.309 e. The molecule has 0 saturated carbocycles. The number of aliphatic hydroxyl groups excluding tert-OH is 2. The van der Waals surface area contributed by atoms with E-state index in [1.807, 2.05) is 13.8 Å². The van der Waals surface area contributed by atoms with Crippen LogP contribution in [0.5, 0.6) is 0 Å². The molecule has 0 aliphatic heterocycles. The number of sulfonamides is 1. The molecule has 2 rings (SSSR count). The summed E-state index contributed by atoms with van der Waals surface area (Å²) in [5, 5.41) is 30.5. The summed E-state index contributed by atoms with van der Waals surface area (Å²) < 4.78 is 38.9. The van der Waals surface area contributed by atoms with Crippen molar-refractivity contribution in [1.29, 1.82) is 0 Å². The van der Waals surface area contributed by atoms with Crippen molar-refractivity contribution >= 4 is 28.0 Å². The van der Waals surface area contributed by atoms with Crippen molar-refractivity contribution in [3.05, 3.63) is 47.4 Å². The molecule has 4 atom stereocenters. The van der Waals surface area contributed by atoms with Crippen molar-refractivity contribution in [2.45, 2.75) is 45.3 Å². The molecule has 0 radical (unpaired) electrons. The predicted octanol–water partition coefficient (Wildman–Crippen LogP) is 2.22. The predicted molar refractivity (Wildman–Crippen MR) is 140 cm³/mol. The molecule has 2 aromatic rings. The number of nitrogens with two attached hydrogens (primary N) is 1. The van der Waals surface area contributed by atoms with Gasteiger partial charge in [-0.05, 0) is 42.6 Å². The van der Waals surface area contributed by atoms with E-state index in [1.165, 1.54) is 43.5 Å². The van der Waals surface area contributed by atoms with Gasteiger partial charge in [0.15, 0.2) is 0 Å². The molecule has 0 fully saturated rings. The van der Waals surface area contributed by atoms with Gasteiger partial charge in [-0.25, -0.2) is 27.1 Å². The highest BCUT2D eigenvalue weighted by molar-refractivity contribution is 7.92. The number of carboxylic acid groups (broad SMARTS) is 1. The van der Waals surface area contributed by atoms with E-state index in [-0.39, 0.29) is 24.8 Å². The number of rotatable bonds is 12. The zero-order valence-corrected chi connectivity index (χ0v) is 22.4. The molecule has 204 valence electrons. The van der Waals surface area contributed by atoms with E-state index in [1.54, 1.807) is 6.92 Å². The fourth-order valence-corrected chi connectivity index (χ4v) is 4.19. The van der Waals surface area contributed by atoms with Gasteiger partial charge in [-0.2, -0.15) is 0 Å². The van der Waals surface area contributed by atoms with Crippen LogP contribution < -0.4 is 10.0 Å². The van der Waals surface area contributed by atoms with Crippen LogP contribution >= 0.6 is 0 Å². The summed E-state index contributed by atoms with van der Waals surface area (Å²) in [4.78, 5) is 20.5. The first-order valence-corrected chi connectivity index (χ1v) is 13.6. The first-order valence-electron chi connectivity index (χ1n) is 11.8. The molecule has 0 aliphatic carbocycles. The summed E-state index contributed by atoms with van der Waals surface area (Å²) in [5.41, 5.74) is 7.32. The van der Waals surface area contributed by atoms with Crippen LogP contribution in [-0.4, -0.2) is 71.7 Å². The van der Waals surface area contributed by atoms with Gasteiger partial charge in [-0.3, -0.25) is 4.79 Å². The number of aliphatic hydroxyl groups is 2. The van der Waals surface area contributed by atoms with Gasteiger partial charge in [0.05, 0.1) is 35.8 Å². The topological polar surface area (TPSA) is 167 Å². The van der Waals surface area contributed by atoms with Crippen LogP contribution in [0.2, 0.25) is 0 Å². The van der Waals surface area contributed by atoms with E-state index in [9.17, 15) is 32.9 Å². The van der Waals surface area contributed by atoms with Crippen LogP contribution in [0, 0.1) is 17.7 Å². The number of hydrogen-bond donors (Lipinski definition) is 4. The quantitative estimate of drug-likeness (QED) is 0.317. The minimum absolute atomic E-state index is 0.0599. The number of anilines is 1. The number of nitrogens with zero attached hydrogens (tertiary/aromatic N) is 3. The van der Waals surface area contributed by atoms with E-state index >= 15 is 0 Å². The summed E-state index contributed by atoms with van der Waals surface area (Å²) in [5.74, 6) is -3.59. The largest absolute Gasteiger partial charge is 0.481 e. The number of hydrogen-bond acceptors (Lipinski definition) is 8. The number of carboxylic acids is 1. The maximum Gasteiger partial charge on any atom is 0.309 e. The molecule has 2 unspecified atom stereocenters. The number of halogens is 1. The SMILES string of the molecule is CC(C)c1nc(N(C)S(C)(=O)=O)nc(-c2ccc(F)cc2)c1/C=C/[C@@H](O)C[C@@H](O)C(C(=O)O)C(C)CN. The van der Waals surface area contributed by atoms with Crippen molar-refractivity contribution in [2.24, 2.45) is 17.6 Å². The first kappa shape index (κ1) is 30.3. The lowest BCUT2D eigenvalue weighted by molar-refractivity contribution is -0.148. The fourth-order valence-electron chi connectivity index (χ4n) is 3.81. The second-order valence-corrected chi connectivity index (χ2v) is 11.4. The minimum Gasteiger partial charge on any atom is -0.481 e. The Morgan fingerprint density at radius 1 is 1.16 bits per heavy atom. The van der Waals surface area contributed by atoms with E-state index in [2.05, 4.69) is 9.97 Å². The average molecular weight is 539 g/mol. The molecule has 12 heteroatoms. The van der Waals surface area contributed by atoms with Crippen LogP contribution in [0.25, 0.3) is 17.3 Å². The Kier molecular flexibility index (Phi) is 10.3. The molecule has 0 saturated heterocycles. The molecule has 1 aromatic carbocycles. The normalized spacial score (nSPS) is 15.5. The second-order valence-electron chi connectivity index (χ2n) is 9.37. The molecule has 0 amide bonds. The fraction of sp³-hybridized carbons (Fsp3) is 0.480. The Balaban J connectivity index is 2.57. The summed E-state index contributed by atoms with van der Waals surface area (Å²) in [6.45, 7) is 5.37. The maximum absolute atomic E-state index is 13.6. The lowest BCUT2D eigenvalue weighted by Crippen LogP contribution is -2.38. The van der Waals surface area contributed by atoms with Gasteiger partial charge >= 0.3 is 5.97 Å². The maximum atomic E-state index is 13.6. The van der Waals surface area contributed by atoms with Crippen molar-refractivity contribution in [1.82, 2.24) is 9.97 Å². The Bertz CT molecular complexity index is 1220. The number of aromatic nitrogens is 2. The zero-order chi connectivity index (χ0) is 28.1. The molecule has 10 nitrogen and oxygen atoms in total. The van der Waals surface area contributed by atoms with Gasteiger partial charge in [0.25, 0.3) is 0 Å². The molecular formula is C25H35FN4O6S. The lowest BCUT2D eigenvalue weighted by atomic mass is 9.86. The van der Waals surface area contributed by atoms with Crippen LogP contribution in [0.4, 0.5) is 10.3 Å². The summed E-state index contributed by atoms with van der Waals surface area (Å²) in [6.07, 6.45) is 1.12. The summed E-state index contributed by atoms with van der Waals surface area (Å²) >= 11 is 0. The Morgan fingerprint density at radius 3 is 2.24 bits per heavy atom. The van der Waals surface area contributed by atoms with Crippen LogP contribution in [0.3, 0.4) is 0 Å². The third kappa shape index (κ3) is 7.78. The second kappa shape index (κ2) is 12.5. The minimum atomic E-state index is -3.67. The number of aliphatic carboxylic acids is 1. The van der Waals surface area contributed by atoms with Crippen LogP contribution in [0.15, 0.2) is 30.3 Å². The van der Waals surface area contributed by atoms with E-state index in [0.717, 1.165) is 10.6 Å². The van der Waals surface area contributed by atoms with Gasteiger partial charge in [0.2, 0.25) is 16.0 Å². The Morgan fingerprint density at radius 2 is 1.76 bits per heavy atom. The van der Waals surface area contributed by atoms with E-state index in [0.29, 0.717) is 22.5 Å². The third-order valence-electron chi connectivity index (χ3n) is 6.06. The van der Waals surface area contributed by atoms with Crippen molar-refractivity contribution in [2.75, 3.05) is 24.2 Å². The van der Waals surface area contributed by atoms with Crippen molar-refractivity contribution in [3.63, 3.8) is 0 Å². The molecule has 1 aromatic heterocycles. The molecular weight excluding hydrogens is 503 g/mol. The highest BCUT2D eigenvalue weighted by Crippen LogP contribution is 2.32. The first-order chi connectivity index (χ1) is 17.2. The molecule has 5 N–H and O–H groups in total. The van der Waals surface area contributed by atoms with E-state index in [4.69, 9.17) is 5.73 Å². The molecule has 0 bridgehead atoms. The summed E-state index contributed by atoms with van der Waals surface area (Å²) in [6, 6.07) is 5.48. The van der Waals surface area contributed by atoms with E-state index < -0.39 is 45.9 Å². The number of benzene rings is 1. The van der Waals surface area contributed by atoms with Gasteiger partial charge in [0, 0.05) is 24.6 Å². The van der Waals surface area contributed by atoms with Gasteiger partial charge in [0.1, 0.15) is 5.82 Å². The summed E-state index contributed by atoms with van der Waals surface area (Å²) in [7, 11) is -2.35. The third-order valence-corrected chi connectivity index (χ3v) is 7.22. The van der Waals surface area contributed by atoms with Gasteiger partial charge < -0.3 is 21.1 Å². The number of carbonyl (C=O) groups is 1.